The molecule has 1 aliphatic carbocycles. The van der Waals surface area contributed by atoms with Gasteiger partial charge in [0.25, 0.3) is 5.91 Å². The molecule has 1 aliphatic rings. The lowest BCUT2D eigenvalue weighted by atomic mass is 10.1. The number of methoxy groups -OCH3 is 1. The highest BCUT2D eigenvalue weighted by Crippen LogP contribution is 2.21. The van der Waals surface area contributed by atoms with Gasteiger partial charge in [-0.2, -0.15) is 0 Å². The molecule has 2 rings (SSSR count). The SMILES string of the molecule is COC1CCCC1NC(=O)c1ccc(C(N)=S)cc1. The maximum atomic E-state index is 12.1. The zero-order valence-corrected chi connectivity index (χ0v) is 11.7. The molecule has 0 aliphatic heterocycles. The first-order chi connectivity index (χ1) is 9.11. The van der Waals surface area contributed by atoms with E-state index < -0.39 is 0 Å². The molecule has 2 unspecified atom stereocenters. The van der Waals surface area contributed by atoms with Crippen molar-refractivity contribution in [2.75, 3.05) is 7.11 Å². The predicted molar refractivity (Wildman–Crippen MR) is 78.2 cm³/mol. The highest BCUT2D eigenvalue weighted by atomic mass is 32.1. The molecule has 1 saturated carbocycles. The van der Waals surface area contributed by atoms with Gasteiger partial charge < -0.3 is 15.8 Å². The summed E-state index contributed by atoms with van der Waals surface area (Å²) >= 11 is 4.88. The molecule has 2 atom stereocenters. The number of nitrogens with one attached hydrogen (secondary N) is 1. The van der Waals surface area contributed by atoms with Crippen molar-refractivity contribution in [3.8, 4) is 0 Å². The topological polar surface area (TPSA) is 64.3 Å². The monoisotopic (exact) mass is 278 g/mol. The molecule has 0 aromatic heterocycles. The number of nitrogens with two attached hydrogens (primary N) is 1. The largest absolute Gasteiger partial charge is 0.389 e. The van der Waals surface area contributed by atoms with Gasteiger partial charge in [0.1, 0.15) is 4.99 Å². The maximum absolute atomic E-state index is 12.1. The van der Waals surface area contributed by atoms with Crippen LogP contribution in [0.5, 0.6) is 0 Å². The van der Waals surface area contributed by atoms with Crippen molar-refractivity contribution in [1.29, 1.82) is 0 Å². The molecule has 4 nitrogen and oxygen atoms in total. The van der Waals surface area contributed by atoms with E-state index in [0.29, 0.717) is 10.6 Å². The zero-order chi connectivity index (χ0) is 13.8. The van der Waals surface area contributed by atoms with Crippen LogP contribution in [0.1, 0.15) is 35.2 Å². The van der Waals surface area contributed by atoms with Crippen molar-refractivity contribution in [2.45, 2.75) is 31.4 Å². The summed E-state index contributed by atoms with van der Waals surface area (Å²) in [6.07, 6.45) is 3.18. The van der Waals surface area contributed by atoms with Crippen molar-refractivity contribution in [3.05, 3.63) is 35.4 Å². The summed E-state index contributed by atoms with van der Waals surface area (Å²) in [7, 11) is 1.69. The molecule has 1 amide bonds. The van der Waals surface area contributed by atoms with Crippen LogP contribution in [0.2, 0.25) is 0 Å². The second kappa shape index (κ2) is 6.12. The Hall–Kier alpha value is -1.46. The fraction of sp³-hybridized carbons (Fsp3) is 0.429. The van der Waals surface area contributed by atoms with Gasteiger partial charge in [0, 0.05) is 18.2 Å². The minimum atomic E-state index is -0.0801. The first-order valence-electron chi connectivity index (χ1n) is 6.35. The van der Waals surface area contributed by atoms with Gasteiger partial charge in [-0.15, -0.1) is 0 Å². The van der Waals surface area contributed by atoms with Crippen molar-refractivity contribution in [3.63, 3.8) is 0 Å². The predicted octanol–water partition coefficient (Wildman–Crippen LogP) is 1.62. The van der Waals surface area contributed by atoms with E-state index in [9.17, 15) is 4.79 Å². The molecule has 19 heavy (non-hydrogen) atoms. The lowest BCUT2D eigenvalue weighted by Gasteiger charge is -2.19. The number of hydrogen-bond donors (Lipinski definition) is 2. The second-order valence-corrected chi connectivity index (χ2v) is 5.17. The molecule has 0 saturated heterocycles. The van der Waals surface area contributed by atoms with Gasteiger partial charge in [0.2, 0.25) is 0 Å². The van der Waals surface area contributed by atoms with Crippen molar-refractivity contribution >= 4 is 23.1 Å². The average Bonchev–Trinajstić information content (AvgIpc) is 2.86. The van der Waals surface area contributed by atoms with E-state index in [0.717, 1.165) is 24.8 Å². The Morgan fingerprint density at radius 1 is 1.32 bits per heavy atom. The Bertz CT molecular complexity index is 473. The molecular weight excluding hydrogens is 260 g/mol. The van der Waals surface area contributed by atoms with Crippen molar-refractivity contribution < 1.29 is 9.53 Å². The third-order valence-corrected chi connectivity index (χ3v) is 3.74. The summed E-state index contributed by atoms with van der Waals surface area (Å²) in [6.45, 7) is 0. The normalized spacial score (nSPS) is 22.2. The number of carbonyl (C=O) groups is 1. The van der Waals surface area contributed by atoms with Crippen LogP contribution in [0.3, 0.4) is 0 Å². The minimum absolute atomic E-state index is 0.0801. The van der Waals surface area contributed by atoms with E-state index in [1.807, 2.05) is 0 Å². The summed E-state index contributed by atoms with van der Waals surface area (Å²) in [6, 6.07) is 7.10. The fourth-order valence-corrected chi connectivity index (χ4v) is 2.55. The third kappa shape index (κ3) is 3.30. The number of carbonyl (C=O) groups excluding carboxylic acids is 1. The maximum Gasteiger partial charge on any atom is 0.251 e. The Morgan fingerprint density at radius 3 is 2.53 bits per heavy atom. The molecule has 1 fully saturated rings. The van der Waals surface area contributed by atoms with E-state index >= 15 is 0 Å². The summed E-state index contributed by atoms with van der Waals surface area (Å²) in [5.74, 6) is -0.0801. The van der Waals surface area contributed by atoms with Gasteiger partial charge in [-0.1, -0.05) is 24.4 Å². The number of thiocarbonyl (C=S) groups is 1. The standard InChI is InChI=1S/C14H18N2O2S/c1-18-12-4-2-3-11(12)16-14(17)10-7-5-9(6-8-10)13(15)19/h5-8,11-12H,2-4H2,1H3,(H2,15,19)(H,16,17). The summed E-state index contributed by atoms with van der Waals surface area (Å²) in [5, 5.41) is 3.02. The number of hydrogen-bond acceptors (Lipinski definition) is 3. The number of ether oxygens (including phenoxy) is 1. The Labute approximate surface area is 118 Å². The quantitative estimate of drug-likeness (QED) is 0.821. The van der Waals surface area contributed by atoms with E-state index in [2.05, 4.69) is 5.32 Å². The van der Waals surface area contributed by atoms with E-state index in [-0.39, 0.29) is 18.1 Å². The fourth-order valence-electron chi connectivity index (χ4n) is 2.41. The molecule has 1 aromatic rings. The number of rotatable bonds is 4. The highest BCUT2D eigenvalue weighted by molar-refractivity contribution is 7.80. The average molecular weight is 278 g/mol. The minimum Gasteiger partial charge on any atom is -0.389 e. The van der Waals surface area contributed by atoms with Crippen LogP contribution in [0, 0.1) is 0 Å². The Morgan fingerprint density at radius 2 is 1.95 bits per heavy atom. The first kappa shape index (κ1) is 14.0. The second-order valence-electron chi connectivity index (χ2n) is 4.73. The third-order valence-electron chi connectivity index (χ3n) is 3.50. The number of benzene rings is 1. The lowest BCUT2D eigenvalue weighted by molar-refractivity contribution is 0.0722. The van der Waals surface area contributed by atoms with Crippen molar-refractivity contribution in [1.82, 2.24) is 5.32 Å². The molecule has 1 aromatic carbocycles. The lowest BCUT2D eigenvalue weighted by Crippen LogP contribution is -2.40. The van der Waals surface area contributed by atoms with Crippen LogP contribution < -0.4 is 11.1 Å². The molecule has 5 heteroatoms. The van der Waals surface area contributed by atoms with Crippen LogP contribution in [-0.2, 0) is 4.74 Å². The van der Waals surface area contributed by atoms with Crippen LogP contribution in [-0.4, -0.2) is 30.2 Å². The molecule has 0 heterocycles. The molecule has 3 N–H and O–H groups in total. The summed E-state index contributed by atoms with van der Waals surface area (Å²) < 4.78 is 5.36. The van der Waals surface area contributed by atoms with Crippen LogP contribution in [0.25, 0.3) is 0 Å². The molecule has 0 spiro atoms. The van der Waals surface area contributed by atoms with E-state index in [1.165, 1.54) is 0 Å². The molecular formula is C14H18N2O2S. The van der Waals surface area contributed by atoms with Crippen molar-refractivity contribution in [2.24, 2.45) is 5.73 Å². The summed E-state index contributed by atoms with van der Waals surface area (Å²) in [4.78, 5) is 12.4. The van der Waals surface area contributed by atoms with Gasteiger partial charge >= 0.3 is 0 Å². The van der Waals surface area contributed by atoms with Crippen LogP contribution >= 0.6 is 12.2 Å². The molecule has 0 bridgehead atoms. The van der Waals surface area contributed by atoms with E-state index in [1.54, 1.807) is 31.4 Å². The Balaban J connectivity index is 2.01. The smallest absolute Gasteiger partial charge is 0.251 e. The van der Waals surface area contributed by atoms with Crippen LogP contribution in [0.4, 0.5) is 0 Å². The van der Waals surface area contributed by atoms with Gasteiger partial charge in [-0.25, -0.2) is 0 Å². The summed E-state index contributed by atoms with van der Waals surface area (Å²) in [5.41, 5.74) is 6.90. The van der Waals surface area contributed by atoms with Gasteiger partial charge in [-0.05, 0) is 31.4 Å². The van der Waals surface area contributed by atoms with Gasteiger partial charge in [0.15, 0.2) is 0 Å². The highest BCUT2D eigenvalue weighted by Gasteiger charge is 2.28. The van der Waals surface area contributed by atoms with Crippen LogP contribution in [0.15, 0.2) is 24.3 Å². The van der Waals surface area contributed by atoms with E-state index in [4.69, 9.17) is 22.7 Å². The van der Waals surface area contributed by atoms with Gasteiger partial charge in [0.05, 0.1) is 12.1 Å². The Kier molecular flexibility index (Phi) is 4.50. The van der Waals surface area contributed by atoms with Gasteiger partial charge in [-0.3, -0.25) is 4.79 Å². The zero-order valence-electron chi connectivity index (χ0n) is 10.9. The molecule has 102 valence electrons. The number of amides is 1. The first-order valence-corrected chi connectivity index (χ1v) is 6.76. The molecule has 0 radical (unpaired) electrons.